The Bertz CT molecular complexity index is 810. The van der Waals surface area contributed by atoms with Gasteiger partial charge < -0.3 is 14.4 Å². The third-order valence-electron chi connectivity index (χ3n) is 4.33. The van der Waals surface area contributed by atoms with Gasteiger partial charge in [-0.1, -0.05) is 0 Å². The lowest BCUT2D eigenvalue weighted by Gasteiger charge is -2.29. The standard InChI is InChI=1S/C19H23N3O4/c1-3-26-16-6-4-15(5-7-16)17-8-9-18(23)22(20-17)14(2)19(24)21-10-12-25-13-11-21/h4-9,14H,3,10-13H2,1-2H3/t14-/m1/s1. The molecule has 0 saturated carbocycles. The summed E-state index contributed by atoms with van der Waals surface area (Å²) in [6, 6.07) is 9.94. The van der Waals surface area contributed by atoms with E-state index < -0.39 is 6.04 Å². The minimum atomic E-state index is -0.664. The van der Waals surface area contributed by atoms with Crippen LogP contribution in [0.4, 0.5) is 0 Å². The number of hydrogen-bond acceptors (Lipinski definition) is 5. The molecule has 2 aromatic rings. The van der Waals surface area contributed by atoms with Gasteiger partial charge in [-0.3, -0.25) is 9.59 Å². The highest BCUT2D eigenvalue weighted by Crippen LogP contribution is 2.20. The Morgan fingerprint density at radius 1 is 1.19 bits per heavy atom. The molecule has 0 unspecified atom stereocenters. The molecule has 7 heteroatoms. The second kappa shape index (κ2) is 8.14. The maximum atomic E-state index is 12.7. The molecule has 0 aliphatic carbocycles. The third kappa shape index (κ3) is 3.94. The molecular formula is C19H23N3O4. The van der Waals surface area contributed by atoms with E-state index in [9.17, 15) is 9.59 Å². The summed E-state index contributed by atoms with van der Waals surface area (Å²) < 4.78 is 12.0. The number of morpholine rings is 1. The van der Waals surface area contributed by atoms with E-state index in [0.717, 1.165) is 11.3 Å². The molecule has 7 nitrogen and oxygen atoms in total. The maximum absolute atomic E-state index is 12.7. The average molecular weight is 357 g/mol. The molecule has 1 fully saturated rings. The zero-order valence-electron chi connectivity index (χ0n) is 15.1. The zero-order chi connectivity index (χ0) is 18.5. The van der Waals surface area contributed by atoms with Gasteiger partial charge in [0.25, 0.3) is 5.56 Å². The quantitative estimate of drug-likeness (QED) is 0.815. The highest BCUT2D eigenvalue weighted by molar-refractivity contribution is 5.80. The topological polar surface area (TPSA) is 73.7 Å². The van der Waals surface area contributed by atoms with Crippen LogP contribution < -0.4 is 10.3 Å². The first kappa shape index (κ1) is 18.1. The Balaban J connectivity index is 1.84. The van der Waals surface area contributed by atoms with Crippen molar-refractivity contribution in [1.29, 1.82) is 0 Å². The van der Waals surface area contributed by atoms with E-state index in [4.69, 9.17) is 9.47 Å². The number of benzene rings is 1. The van der Waals surface area contributed by atoms with Crippen LogP contribution in [-0.2, 0) is 9.53 Å². The number of nitrogens with zero attached hydrogens (tertiary/aromatic N) is 3. The van der Waals surface area contributed by atoms with Crippen molar-refractivity contribution in [1.82, 2.24) is 14.7 Å². The van der Waals surface area contributed by atoms with Crippen molar-refractivity contribution in [2.75, 3.05) is 32.9 Å². The van der Waals surface area contributed by atoms with Gasteiger partial charge in [0.05, 0.1) is 25.5 Å². The molecule has 1 saturated heterocycles. The summed E-state index contributed by atoms with van der Waals surface area (Å²) in [5, 5.41) is 4.42. The smallest absolute Gasteiger partial charge is 0.267 e. The number of carbonyl (C=O) groups is 1. The Morgan fingerprint density at radius 2 is 1.88 bits per heavy atom. The molecular weight excluding hydrogens is 334 g/mol. The molecule has 2 heterocycles. The predicted molar refractivity (Wildman–Crippen MR) is 97.2 cm³/mol. The van der Waals surface area contributed by atoms with Crippen LogP contribution in [0.15, 0.2) is 41.2 Å². The van der Waals surface area contributed by atoms with Gasteiger partial charge in [0, 0.05) is 24.7 Å². The highest BCUT2D eigenvalue weighted by Gasteiger charge is 2.25. The largest absolute Gasteiger partial charge is 0.494 e. The van der Waals surface area contributed by atoms with Crippen LogP contribution in [0, 0.1) is 0 Å². The molecule has 0 bridgehead atoms. The van der Waals surface area contributed by atoms with Gasteiger partial charge in [-0.25, -0.2) is 4.68 Å². The van der Waals surface area contributed by atoms with Crippen molar-refractivity contribution in [3.05, 3.63) is 46.8 Å². The third-order valence-corrected chi connectivity index (χ3v) is 4.33. The first-order valence-corrected chi connectivity index (χ1v) is 8.80. The Morgan fingerprint density at radius 3 is 2.54 bits per heavy atom. The molecule has 0 spiro atoms. The van der Waals surface area contributed by atoms with Crippen LogP contribution >= 0.6 is 0 Å². The van der Waals surface area contributed by atoms with Gasteiger partial charge in [0.1, 0.15) is 11.8 Å². The fourth-order valence-electron chi connectivity index (χ4n) is 2.90. The van der Waals surface area contributed by atoms with E-state index in [1.165, 1.54) is 10.7 Å². The number of ether oxygens (including phenoxy) is 2. The summed E-state index contributed by atoms with van der Waals surface area (Å²) in [4.78, 5) is 26.6. The van der Waals surface area contributed by atoms with E-state index in [1.54, 1.807) is 17.9 Å². The van der Waals surface area contributed by atoms with Crippen molar-refractivity contribution in [3.8, 4) is 17.0 Å². The summed E-state index contributed by atoms with van der Waals surface area (Å²) in [6.45, 7) is 6.35. The number of hydrogen-bond donors (Lipinski definition) is 0. The van der Waals surface area contributed by atoms with Crippen molar-refractivity contribution in [3.63, 3.8) is 0 Å². The van der Waals surface area contributed by atoms with Crippen LogP contribution in [0.2, 0.25) is 0 Å². The van der Waals surface area contributed by atoms with Crippen molar-refractivity contribution < 1.29 is 14.3 Å². The van der Waals surface area contributed by atoms with Gasteiger partial charge in [0.15, 0.2) is 0 Å². The van der Waals surface area contributed by atoms with Gasteiger partial charge >= 0.3 is 0 Å². The molecule has 138 valence electrons. The van der Waals surface area contributed by atoms with Gasteiger partial charge in [-0.15, -0.1) is 0 Å². The molecule has 1 aliphatic heterocycles. The lowest BCUT2D eigenvalue weighted by Crippen LogP contribution is -2.45. The number of amides is 1. The minimum Gasteiger partial charge on any atom is -0.494 e. The number of rotatable bonds is 5. The molecule has 1 atom stereocenters. The summed E-state index contributed by atoms with van der Waals surface area (Å²) in [7, 11) is 0. The number of carbonyl (C=O) groups excluding carboxylic acids is 1. The van der Waals surface area contributed by atoms with Crippen LogP contribution in [0.5, 0.6) is 5.75 Å². The lowest BCUT2D eigenvalue weighted by atomic mass is 10.1. The van der Waals surface area contributed by atoms with Crippen molar-refractivity contribution in [2.24, 2.45) is 0 Å². The van der Waals surface area contributed by atoms with Gasteiger partial charge in [-0.2, -0.15) is 5.10 Å². The summed E-state index contributed by atoms with van der Waals surface area (Å²) in [6.07, 6.45) is 0. The second-order valence-electron chi connectivity index (χ2n) is 6.07. The SMILES string of the molecule is CCOc1ccc(-c2ccc(=O)n([C@H](C)C(=O)N3CCOCC3)n2)cc1. The van der Waals surface area contributed by atoms with E-state index in [2.05, 4.69) is 5.10 Å². The summed E-state index contributed by atoms with van der Waals surface area (Å²) in [5.41, 5.74) is 1.19. The van der Waals surface area contributed by atoms with Crippen LogP contribution in [0.3, 0.4) is 0 Å². The van der Waals surface area contributed by atoms with Crippen LogP contribution in [0.1, 0.15) is 19.9 Å². The van der Waals surface area contributed by atoms with Crippen LogP contribution in [0.25, 0.3) is 11.3 Å². The van der Waals surface area contributed by atoms with Gasteiger partial charge in [-0.05, 0) is 44.2 Å². The Hall–Kier alpha value is -2.67. The molecule has 1 amide bonds. The first-order chi connectivity index (χ1) is 12.6. The molecule has 26 heavy (non-hydrogen) atoms. The fourth-order valence-corrected chi connectivity index (χ4v) is 2.90. The van der Waals surface area contributed by atoms with E-state index in [1.807, 2.05) is 31.2 Å². The molecule has 1 aromatic carbocycles. The van der Waals surface area contributed by atoms with Crippen molar-refractivity contribution in [2.45, 2.75) is 19.9 Å². The van der Waals surface area contributed by atoms with E-state index >= 15 is 0 Å². The minimum absolute atomic E-state index is 0.119. The second-order valence-corrected chi connectivity index (χ2v) is 6.07. The molecule has 0 radical (unpaired) electrons. The summed E-state index contributed by atoms with van der Waals surface area (Å²) >= 11 is 0. The van der Waals surface area contributed by atoms with Gasteiger partial charge in [0.2, 0.25) is 5.91 Å². The lowest BCUT2D eigenvalue weighted by molar-refractivity contribution is -0.138. The molecule has 0 N–H and O–H groups in total. The zero-order valence-corrected chi connectivity index (χ0v) is 15.1. The average Bonchev–Trinajstić information content (AvgIpc) is 2.69. The molecule has 1 aromatic heterocycles. The Kier molecular flexibility index (Phi) is 5.68. The molecule has 3 rings (SSSR count). The van der Waals surface area contributed by atoms with Crippen molar-refractivity contribution >= 4 is 5.91 Å². The maximum Gasteiger partial charge on any atom is 0.267 e. The summed E-state index contributed by atoms with van der Waals surface area (Å²) in [5.74, 6) is 0.659. The molecule has 1 aliphatic rings. The fraction of sp³-hybridized carbons (Fsp3) is 0.421. The van der Waals surface area contributed by atoms with E-state index in [0.29, 0.717) is 38.6 Å². The monoisotopic (exact) mass is 357 g/mol. The van der Waals surface area contributed by atoms with E-state index in [-0.39, 0.29) is 11.5 Å². The first-order valence-electron chi connectivity index (χ1n) is 8.80. The predicted octanol–water partition coefficient (Wildman–Crippen LogP) is 1.73. The highest BCUT2D eigenvalue weighted by atomic mass is 16.5. The number of aromatic nitrogens is 2. The van der Waals surface area contributed by atoms with Crippen LogP contribution in [-0.4, -0.2) is 53.5 Å². The normalized spacial score (nSPS) is 15.5. The Labute approximate surface area is 152 Å².